The van der Waals surface area contributed by atoms with E-state index in [4.69, 9.17) is 0 Å². The molecule has 0 fully saturated rings. The summed E-state index contributed by atoms with van der Waals surface area (Å²) in [6, 6.07) is 1.48. The van der Waals surface area contributed by atoms with Gasteiger partial charge in [0.15, 0.2) is 17.5 Å². The van der Waals surface area contributed by atoms with Crippen LogP contribution in [0.25, 0.3) is 0 Å². The SMILES string of the molecule is Cn1cc(NC(=O)c2nccn2C)cc1C(=O)Nc1cn(C)c(C(=O)[O-])n1.[Na+]. The summed E-state index contributed by atoms with van der Waals surface area (Å²) in [7, 11) is 4.80. The third kappa shape index (κ3) is 4.32. The quantitative estimate of drug-likeness (QED) is 0.429. The zero-order chi connectivity index (χ0) is 19.7. The number of amides is 2. The molecule has 3 heterocycles. The molecule has 0 bridgehead atoms. The maximum Gasteiger partial charge on any atom is 1.00 e. The minimum absolute atomic E-state index is 0. The van der Waals surface area contributed by atoms with Crippen LogP contribution in [0, 0.1) is 0 Å². The van der Waals surface area contributed by atoms with Crippen molar-refractivity contribution < 1.29 is 49.0 Å². The second-order valence-corrected chi connectivity index (χ2v) is 5.84. The number of aryl methyl sites for hydroxylation is 3. The Bertz CT molecular complexity index is 1050. The van der Waals surface area contributed by atoms with Crippen molar-refractivity contribution in [2.75, 3.05) is 10.6 Å². The Kier molecular flexibility index (Phi) is 6.44. The van der Waals surface area contributed by atoms with Gasteiger partial charge >= 0.3 is 29.6 Å². The van der Waals surface area contributed by atoms with Crippen LogP contribution < -0.4 is 45.3 Å². The smallest absolute Gasteiger partial charge is 0.542 e. The molecule has 0 aliphatic rings. The van der Waals surface area contributed by atoms with Crippen molar-refractivity contribution in [2.45, 2.75) is 0 Å². The number of aromatic nitrogens is 5. The van der Waals surface area contributed by atoms with Crippen molar-refractivity contribution in [3.05, 3.63) is 48.2 Å². The summed E-state index contributed by atoms with van der Waals surface area (Å²) in [6.07, 6.45) is 6.08. The van der Waals surface area contributed by atoms with Gasteiger partial charge in [0.1, 0.15) is 11.7 Å². The molecule has 0 spiro atoms. The van der Waals surface area contributed by atoms with Gasteiger partial charge in [-0.2, -0.15) is 0 Å². The van der Waals surface area contributed by atoms with E-state index in [1.165, 1.54) is 34.6 Å². The largest absolute Gasteiger partial charge is 1.00 e. The van der Waals surface area contributed by atoms with E-state index in [0.29, 0.717) is 5.69 Å². The van der Waals surface area contributed by atoms with E-state index in [9.17, 15) is 19.5 Å². The number of imidazole rings is 2. The maximum absolute atomic E-state index is 12.4. The Balaban J connectivity index is 0.00000280. The number of nitrogens with zero attached hydrogens (tertiary/aromatic N) is 5. The molecule has 140 valence electrons. The van der Waals surface area contributed by atoms with Crippen molar-refractivity contribution >= 4 is 29.3 Å². The average molecular weight is 393 g/mol. The number of carboxylic acids is 1. The zero-order valence-corrected chi connectivity index (χ0v) is 17.8. The van der Waals surface area contributed by atoms with Crippen molar-refractivity contribution in [2.24, 2.45) is 21.1 Å². The molecule has 0 atom stereocenters. The van der Waals surface area contributed by atoms with Crippen LogP contribution in [0.1, 0.15) is 31.7 Å². The second kappa shape index (κ2) is 8.42. The first-order valence-corrected chi connectivity index (χ1v) is 7.77. The number of carbonyl (C=O) groups excluding carboxylic acids is 3. The molecule has 2 N–H and O–H groups in total. The van der Waals surface area contributed by atoms with Gasteiger partial charge in [0, 0.05) is 45.9 Å². The summed E-state index contributed by atoms with van der Waals surface area (Å²) < 4.78 is 4.32. The summed E-state index contributed by atoms with van der Waals surface area (Å²) in [6.45, 7) is 0. The Hall–Kier alpha value is -2.89. The standard InChI is InChI=1S/C16H17N7O4.Na/c1-21-5-4-17-12(21)15(25)18-9-6-10(22(2)7-9)14(24)20-11-8-23(3)13(19-11)16(26)27;/h4-8H,1-3H3,(H,18,25)(H,20,24)(H,26,27);/q;+1/p-1. The van der Waals surface area contributed by atoms with Gasteiger partial charge in [0.05, 0.1) is 5.69 Å². The maximum atomic E-state index is 12.4. The van der Waals surface area contributed by atoms with Crippen molar-refractivity contribution in [1.29, 1.82) is 0 Å². The van der Waals surface area contributed by atoms with Crippen LogP contribution in [0.4, 0.5) is 11.5 Å². The Morgan fingerprint density at radius 1 is 0.964 bits per heavy atom. The van der Waals surface area contributed by atoms with Crippen LogP contribution in [-0.4, -0.2) is 41.5 Å². The predicted molar refractivity (Wildman–Crippen MR) is 92.1 cm³/mol. The summed E-state index contributed by atoms with van der Waals surface area (Å²) in [5, 5.41) is 16.1. The van der Waals surface area contributed by atoms with Gasteiger partial charge in [-0.05, 0) is 6.07 Å². The van der Waals surface area contributed by atoms with Crippen LogP contribution in [0.5, 0.6) is 0 Å². The van der Waals surface area contributed by atoms with Crippen LogP contribution >= 0.6 is 0 Å². The zero-order valence-electron chi connectivity index (χ0n) is 15.8. The third-order valence-electron chi connectivity index (χ3n) is 3.82. The number of aromatic carboxylic acids is 1. The Morgan fingerprint density at radius 2 is 1.68 bits per heavy atom. The molecule has 3 aromatic rings. The van der Waals surface area contributed by atoms with Crippen LogP contribution in [0.15, 0.2) is 30.9 Å². The van der Waals surface area contributed by atoms with E-state index in [-0.39, 0.29) is 52.7 Å². The minimum Gasteiger partial charge on any atom is -0.542 e. The molecule has 28 heavy (non-hydrogen) atoms. The normalized spacial score (nSPS) is 10.2. The predicted octanol–water partition coefficient (Wildman–Crippen LogP) is -3.64. The van der Waals surface area contributed by atoms with E-state index in [1.54, 1.807) is 31.1 Å². The van der Waals surface area contributed by atoms with Crippen LogP contribution in [-0.2, 0) is 21.1 Å². The molecule has 12 heteroatoms. The number of hydrogen-bond acceptors (Lipinski definition) is 6. The van der Waals surface area contributed by atoms with Crippen LogP contribution in [0.2, 0.25) is 0 Å². The molecule has 0 radical (unpaired) electrons. The molecule has 0 saturated heterocycles. The van der Waals surface area contributed by atoms with Gasteiger partial charge in [-0.3, -0.25) is 9.59 Å². The molecule has 0 aliphatic heterocycles. The summed E-state index contributed by atoms with van der Waals surface area (Å²) >= 11 is 0. The van der Waals surface area contributed by atoms with Crippen molar-refractivity contribution in [3.63, 3.8) is 0 Å². The van der Waals surface area contributed by atoms with Gasteiger partial charge in [0.2, 0.25) is 0 Å². The monoisotopic (exact) mass is 393 g/mol. The number of carboxylic acid groups (broad SMARTS) is 1. The molecular weight excluding hydrogens is 377 g/mol. The van der Waals surface area contributed by atoms with E-state index in [2.05, 4.69) is 20.6 Å². The first-order chi connectivity index (χ1) is 12.8. The molecule has 0 unspecified atom stereocenters. The summed E-state index contributed by atoms with van der Waals surface area (Å²) in [5.74, 6) is -2.38. The number of hydrogen-bond donors (Lipinski definition) is 2. The Labute approximate surface area is 181 Å². The molecule has 0 saturated carbocycles. The number of rotatable bonds is 5. The fourth-order valence-corrected chi connectivity index (χ4v) is 2.53. The molecule has 11 nitrogen and oxygen atoms in total. The third-order valence-corrected chi connectivity index (χ3v) is 3.82. The summed E-state index contributed by atoms with van der Waals surface area (Å²) in [4.78, 5) is 43.3. The van der Waals surface area contributed by atoms with Gasteiger partial charge < -0.3 is 34.2 Å². The van der Waals surface area contributed by atoms with Gasteiger partial charge in [-0.1, -0.05) is 0 Å². The number of nitrogens with one attached hydrogen (secondary N) is 2. The van der Waals surface area contributed by atoms with E-state index in [0.717, 1.165) is 0 Å². The van der Waals surface area contributed by atoms with Gasteiger partial charge in [0.25, 0.3) is 11.8 Å². The number of anilines is 2. The van der Waals surface area contributed by atoms with Gasteiger partial charge in [-0.25, -0.2) is 9.97 Å². The molecule has 0 aliphatic carbocycles. The Morgan fingerprint density at radius 3 is 2.25 bits per heavy atom. The van der Waals surface area contributed by atoms with E-state index < -0.39 is 17.8 Å². The molecule has 3 aromatic heterocycles. The fraction of sp³-hybridized carbons (Fsp3) is 0.188. The van der Waals surface area contributed by atoms with E-state index in [1.807, 2.05) is 0 Å². The number of carbonyl (C=O) groups is 3. The first-order valence-electron chi connectivity index (χ1n) is 7.77. The van der Waals surface area contributed by atoms with Crippen molar-refractivity contribution in [3.8, 4) is 0 Å². The molecular formula is C16H16N7NaO4. The minimum atomic E-state index is -1.45. The fourth-order valence-electron chi connectivity index (χ4n) is 2.53. The molecule has 3 rings (SSSR count). The molecule has 2 amide bonds. The first kappa shape index (κ1) is 21.4. The second-order valence-electron chi connectivity index (χ2n) is 5.84. The molecule has 0 aromatic carbocycles. The topological polar surface area (TPSA) is 139 Å². The van der Waals surface area contributed by atoms with Gasteiger partial charge in [-0.15, -0.1) is 0 Å². The van der Waals surface area contributed by atoms with Crippen molar-refractivity contribution in [1.82, 2.24) is 23.7 Å². The summed E-state index contributed by atoms with van der Waals surface area (Å²) in [5.41, 5.74) is 0.651. The van der Waals surface area contributed by atoms with Crippen LogP contribution in [0.3, 0.4) is 0 Å². The average Bonchev–Trinajstić information content (AvgIpc) is 3.26. The van der Waals surface area contributed by atoms with E-state index >= 15 is 0 Å².